The van der Waals surface area contributed by atoms with E-state index < -0.39 is 11.7 Å². The molecule has 1 aliphatic heterocycles. The van der Waals surface area contributed by atoms with Gasteiger partial charge in [0.1, 0.15) is 5.60 Å². The third kappa shape index (κ3) is 5.44. The number of hydroxylamine groups is 2. The number of methoxy groups -OCH3 is 1. The van der Waals surface area contributed by atoms with Crippen molar-refractivity contribution in [3.63, 3.8) is 0 Å². The fourth-order valence-electron chi connectivity index (χ4n) is 1.53. The first-order chi connectivity index (χ1) is 8.83. The molecule has 110 valence electrons. The van der Waals surface area contributed by atoms with Crippen molar-refractivity contribution < 1.29 is 23.9 Å². The summed E-state index contributed by atoms with van der Waals surface area (Å²) in [5, 5.41) is 3.84. The second-order valence-electron chi connectivity index (χ2n) is 5.31. The molecule has 1 heterocycles. The third-order valence-corrected chi connectivity index (χ3v) is 2.42. The van der Waals surface area contributed by atoms with E-state index in [1.807, 2.05) is 0 Å². The number of hydrogen-bond acceptors (Lipinski definition) is 5. The standard InChI is InChI=1S/C12H22N2O5/c1-12(2,3)19-11(16)13-7-9-8-18-14(10(9)15)5-6-17-4/h9H,5-8H2,1-4H3,(H,13,16). The monoisotopic (exact) mass is 274 g/mol. The van der Waals surface area contributed by atoms with Crippen molar-refractivity contribution in [3.05, 3.63) is 0 Å². The van der Waals surface area contributed by atoms with E-state index in [1.54, 1.807) is 27.9 Å². The average Bonchev–Trinajstić information content (AvgIpc) is 2.63. The number of carbonyl (C=O) groups excluding carboxylic acids is 2. The molecule has 2 amide bonds. The minimum Gasteiger partial charge on any atom is -0.444 e. The lowest BCUT2D eigenvalue weighted by molar-refractivity contribution is -0.164. The van der Waals surface area contributed by atoms with Crippen molar-refractivity contribution >= 4 is 12.0 Å². The van der Waals surface area contributed by atoms with Gasteiger partial charge in [-0.25, -0.2) is 9.86 Å². The van der Waals surface area contributed by atoms with Gasteiger partial charge in [0.2, 0.25) is 0 Å². The van der Waals surface area contributed by atoms with Crippen molar-refractivity contribution in [2.24, 2.45) is 5.92 Å². The molecule has 0 aromatic heterocycles. The van der Waals surface area contributed by atoms with Crippen molar-refractivity contribution in [1.29, 1.82) is 0 Å². The van der Waals surface area contributed by atoms with Crippen LogP contribution in [0, 0.1) is 5.92 Å². The van der Waals surface area contributed by atoms with Gasteiger partial charge in [-0.2, -0.15) is 0 Å². The zero-order valence-corrected chi connectivity index (χ0v) is 11.9. The fourth-order valence-corrected chi connectivity index (χ4v) is 1.53. The Hall–Kier alpha value is -1.34. The van der Waals surface area contributed by atoms with Gasteiger partial charge in [-0.3, -0.25) is 9.63 Å². The van der Waals surface area contributed by atoms with Crippen LogP contribution in [0.15, 0.2) is 0 Å². The molecule has 1 rings (SSSR count). The van der Waals surface area contributed by atoms with Crippen LogP contribution >= 0.6 is 0 Å². The Morgan fingerprint density at radius 2 is 2.21 bits per heavy atom. The maximum Gasteiger partial charge on any atom is 0.407 e. The Morgan fingerprint density at radius 1 is 1.53 bits per heavy atom. The van der Waals surface area contributed by atoms with Crippen LogP contribution in [0.3, 0.4) is 0 Å². The van der Waals surface area contributed by atoms with E-state index in [0.29, 0.717) is 13.2 Å². The number of alkyl carbamates (subject to hydrolysis) is 1. The number of amides is 2. The number of rotatable bonds is 5. The molecule has 1 N–H and O–H groups in total. The Balaban J connectivity index is 2.31. The van der Waals surface area contributed by atoms with Crippen molar-refractivity contribution in [2.45, 2.75) is 26.4 Å². The van der Waals surface area contributed by atoms with Crippen LogP contribution in [0.5, 0.6) is 0 Å². The quantitative estimate of drug-likeness (QED) is 0.792. The van der Waals surface area contributed by atoms with Gasteiger partial charge in [0, 0.05) is 13.7 Å². The van der Waals surface area contributed by atoms with Gasteiger partial charge in [0.05, 0.1) is 25.7 Å². The van der Waals surface area contributed by atoms with E-state index >= 15 is 0 Å². The van der Waals surface area contributed by atoms with Gasteiger partial charge >= 0.3 is 6.09 Å². The normalized spacial score (nSPS) is 19.7. The van der Waals surface area contributed by atoms with Gasteiger partial charge in [0.15, 0.2) is 0 Å². The zero-order valence-electron chi connectivity index (χ0n) is 11.9. The molecule has 1 unspecified atom stereocenters. The molecule has 0 spiro atoms. The summed E-state index contributed by atoms with van der Waals surface area (Å²) in [5.74, 6) is -0.516. The van der Waals surface area contributed by atoms with E-state index in [-0.39, 0.29) is 25.0 Å². The smallest absolute Gasteiger partial charge is 0.407 e. The molecule has 0 bridgehead atoms. The Labute approximate surface area is 113 Å². The van der Waals surface area contributed by atoms with Crippen LogP contribution in [-0.4, -0.2) is 56.1 Å². The van der Waals surface area contributed by atoms with Crippen LogP contribution in [0.25, 0.3) is 0 Å². The summed E-state index contributed by atoms with van der Waals surface area (Å²) in [6.45, 7) is 6.61. The van der Waals surface area contributed by atoms with Crippen LogP contribution in [0.2, 0.25) is 0 Å². The predicted octanol–water partition coefficient (Wildman–Crippen LogP) is 0.548. The van der Waals surface area contributed by atoms with Crippen molar-refractivity contribution in [1.82, 2.24) is 10.4 Å². The molecule has 1 aliphatic rings. The zero-order chi connectivity index (χ0) is 14.5. The van der Waals surface area contributed by atoms with E-state index in [4.69, 9.17) is 14.3 Å². The molecule has 1 saturated heterocycles. The van der Waals surface area contributed by atoms with E-state index in [1.165, 1.54) is 5.06 Å². The lowest BCUT2D eigenvalue weighted by Crippen LogP contribution is -2.38. The topological polar surface area (TPSA) is 77.1 Å². The first-order valence-electron chi connectivity index (χ1n) is 6.23. The molecular weight excluding hydrogens is 252 g/mol. The van der Waals surface area contributed by atoms with Gasteiger partial charge in [-0.1, -0.05) is 0 Å². The Kier molecular flexibility index (Phi) is 5.56. The van der Waals surface area contributed by atoms with E-state index in [0.717, 1.165) is 0 Å². The van der Waals surface area contributed by atoms with Gasteiger partial charge in [-0.05, 0) is 20.8 Å². The summed E-state index contributed by atoms with van der Waals surface area (Å²) in [4.78, 5) is 28.5. The van der Waals surface area contributed by atoms with E-state index in [2.05, 4.69) is 5.32 Å². The first kappa shape index (κ1) is 15.7. The highest BCUT2D eigenvalue weighted by Crippen LogP contribution is 2.14. The lowest BCUT2D eigenvalue weighted by atomic mass is 10.1. The summed E-state index contributed by atoms with van der Waals surface area (Å²) < 4.78 is 9.97. The highest BCUT2D eigenvalue weighted by Gasteiger charge is 2.33. The third-order valence-electron chi connectivity index (χ3n) is 2.42. The molecular formula is C12H22N2O5. The summed E-state index contributed by atoms with van der Waals surface area (Å²) in [5.41, 5.74) is -0.551. The van der Waals surface area contributed by atoms with Crippen LogP contribution in [0.1, 0.15) is 20.8 Å². The Bertz CT molecular complexity index is 327. The fraction of sp³-hybridized carbons (Fsp3) is 0.833. The second kappa shape index (κ2) is 6.72. The number of ether oxygens (including phenoxy) is 2. The predicted molar refractivity (Wildman–Crippen MR) is 67.3 cm³/mol. The molecule has 0 aromatic carbocycles. The lowest BCUT2D eigenvalue weighted by Gasteiger charge is -2.20. The molecule has 1 atom stereocenters. The average molecular weight is 274 g/mol. The van der Waals surface area contributed by atoms with Gasteiger partial charge in [0.25, 0.3) is 5.91 Å². The first-order valence-corrected chi connectivity index (χ1v) is 6.23. The van der Waals surface area contributed by atoms with E-state index in [9.17, 15) is 9.59 Å². The van der Waals surface area contributed by atoms with Crippen molar-refractivity contribution in [2.75, 3.05) is 33.4 Å². The summed E-state index contributed by atoms with van der Waals surface area (Å²) in [7, 11) is 1.56. The number of hydrogen-bond donors (Lipinski definition) is 1. The second-order valence-corrected chi connectivity index (χ2v) is 5.31. The number of carbonyl (C=O) groups is 2. The molecule has 19 heavy (non-hydrogen) atoms. The summed E-state index contributed by atoms with van der Waals surface area (Å²) >= 11 is 0. The highest BCUT2D eigenvalue weighted by atomic mass is 16.7. The summed E-state index contributed by atoms with van der Waals surface area (Å²) in [6.07, 6.45) is -0.532. The molecule has 0 radical (unpaired) electrons. The molecule has 0 aliphatic carbocycles. The van der Waals surface area contributed by atoms with Gasteiger partial charge in [-0.15, -0.1) is 0 Å². The van der Waals surface area contributed by atoms with Crippen LogP contribution in [-0.2, 0) is 19.1 Å². The molecule has 0 saturated carbocycles. The molecule has 1 fully saturated rings. The van der Waals surface area contributed by atoms with Crippen LogP contribution < -0.4 is 5.32 Å². The maximum absolute atomic E-state index is 11.9. The van der Waals surface area contributed by atoms with Crippen molar-refractivity contribution in [3.8, 4) is 0 Å². The number of nitrogens with one attached hydrogen (secondary N) is 1. The Morgan fingerprint density at radius 3 is 2.79 bits per heavy atom. The number of nitrogens with zero attached hydrogens (tertiary/aromatic N) is 1. The largest absolute Gasteiger partial charge is 0.444 e. The molecule has 0 aromatic rings. The highest BCUT2D eigenvalue weighted by molar-refractivity contribution is 5.80. The SMILES string of the molecule is COCCN1OCC(CNC(=O)OC(C)(C)C)C1=O. The summed E-state index contributed by atoms with van der Waals surface area (Å²) in [6, 6.07) is 0. The van der Waals surface area contributed by atoms with Crippen LogP contribution in [0.4, 0.5) is 4.79 Å². The molecule has 7 nitrogen and oxygen atoms in total. The van der Waals surface area contributed by atoms with Gasteiger partial charge < -0.3 is 14.8 Å². The minimum absolute atomic E-state index is 0.145. The minimum atomic E-state index is -0.551. The molecule has 7 heteroatoms. The maximum atomic E-state index is 11.9.